The van der Waals surface area contributed by atoms with Crippen molar-refractivity contribution in [1.29, 1.82) is 0 Å². The van der Waals surface area contributed by atoms with Crippen LogP contribution in [0.15, 0.2) is 18.2 Å². The van der Waals surface area contributed by atoms with Crippen LogP contribution in [0.2, 0.25) is 5.02 Å². The first-order valence-electron chi connectivity index (χ1n) is 8.42. The van der Waals surface area contributed by atoms with Gasteiger partial charge in [-0.1, -0.05) is 17.7 Å². The van der Waals surface area contributed by atoms with E-state index in [0.29, 0.717) is 6.04 Å². The number of aryl methyl sites for hydroxylation is 1. The zero-order chi connectivity index (χ0) is 15.3. The summed E-state index contributed by atoms with van der Waals surface area (Å²) in [6.45, 7) is 2.01. The van der Waals surface area contributed by atoms with E-state index in [1.807, 2.05) is 25.1 Å². The highest BCUT2D eigenvalue weighted by Crippen LogP contribution is 2.53. The summed E-state index contributed by atoms with van der Waals surface area (Å²) in [5, 5.41) is 8.45. The van der Waals surface area contributed by atoms with E-state index in [-0.39, 0.29) is 0 Å². The van der Waals surface area contributed by atoms with Gasteiger partial charge in [-0.2, -0.15) is 0 Å². The number of benzene rings is 1. The lowest BCUT2D eigenvalue weighted by Gasteiger charge is -2.54. The summed E-state index contributed by atoms with van der Waals surface area (Å²) in [5.41, 5.74) is 2.06. The van der Waals surface area contributed by atoms with Crippen LogP contribution >= 0.6 is 23.8 Å². The minimum atomic E-state index is 0.578. The average molecular weight is 335 g/mol. The Morgan fingerprint density at radius 2 is 1.73 bits per heavy atom. The summed E-state index contributed by atoms with van der Waals surface area (Å²) < 4.78 is 0. The number of rotatable bonds is 2. The van der Waals surface area contributed by atoms with Gasteiger partial charge in [0.1, 0.15) is 0 Å². The van der Waals surface area contributed by atoms with Crippen molar-refractivity contribution >= 4 is 34.6 Å². The highest BCUT2D eigenvalue weighted by atomic mass is 35.5. The molecule has 4 bridgehead atoms. The minimum Gasteiger partial charge on any atom is -0.359 e. The molecule has 118 valence electrons. The maximum Gasteiger partial charge on any atom is 0.171 e. The molecule has 1 aromatic carbocycles. The van der Waals surface area contributed by atoms with Gasteiger partial charge in [-0.25, -0.2) is 0 Å². The molecule has 0 spiro atoms. The van der Waals surface area contributed by atoms with Gasteiger partial charge in [0.15, 0.2) is 5.11 Å². The highest BCUT2D eigenvalue weighted by molar-refractivity contribution is 7.80. The van der Waals surface area contributed by atoms with Gasteiger partial charge in [0.2, 0.25) is 0 Å². The largest absolute Gasteiger partial charge is 0.359 e. The standard InChI is InChI=1S/C18H23ClN2S/c1-10-2-3-15(9-16(10)19)20-18(22)21-17-13-5-11-4-12(7-13)8-14(17)6-11/h2-3,9,11-14,17H,4-8H2,1H3,(H2,20,21,22). The fourth-order valence-electron chi connectivity index (χ4n) is 5.15. The van der Waals surface area contributed by atoms with Crippen molar-refractivity contribution < 1.29 is 0 Å². The molecule has 4 heteroatoms. The monoisotopic (exact) mass is 334 g/mol. The van der Waals surface area contributed by atoms with E-state index in [0.717, 1.165) is 45.1 Å². The summed E-state index contributed by atoms with van der Waals surface area (Å²) in [6.07, 6.45) is 7.12. The number of nitrogens with one attached hydrogen (secondary N) is 2. The average Bonchev–Trinajstić information content (AvgIpc) is 2.46. The van der Waals surface area contributed by atoms with Crippen molar-refractivity contribution in [1.82, 2.24) is 5.32 Å². The van der Waals surface area contributed by atoms with Gasteiger partial charge in [0.05, 0.1) is 0 Å². The summed E-state index contributed by atoms with van der Waals surface area (Å²) in [6, 6.07) is 6.58. The van der Waals surface area contributed by atoms with Crippen molar-refractivity contribution in [3.8, 4) is 0 Å². The first-order chi connectivity index (χ1) is 10.6. The van der Waals surface area contributed by atoms with Crippen LogP contribution in [0.25, 0.3) is 0 Å². The second-order valence-electron chi connectivity index (χ2n) is 7.52. The highest BCUT2D eigenvalue weighted by Gasteiger charge is 2.48. The van der Waals surface area contributed by atoms with Gasteiger partial charge >= 0.3 is 0 Å². The van der Waals surface area contributed by atoms with Crippen molar-refractivity contribution in [2.45, 2.75) is 45.1 Å². The van der Waals surface area contributed by atoms with Gasteiger partial charge in [-0.15, -0.1) is 0 Å². The zero-order valence-electron chi connectivity index (χ0n) is 12.9. The van der Waals surface area contributed by atoms with E-state index in [9.17, 15) is 0 Å². The molecule has 4 aliphatic carbocycles. The molecule has 0 heterocycles. The predicted molar refractivity (Wildman–Crippen MR) is 96.4 cm³/mol. The molecule has 0 radical (unpaired) electrons. The second-order valence-corrected chi connectivity index (χ2v) is 8.33. The molecule has 2 nitrogen and oxygen atoms in total. The Balaban J connectivity index is 1.41. The fourth-order valence-corrected chi connectivity index (χ4v) is 5.58. The molecule has 0 unspecified atom stereocenters. The van der Waals surface area contributed by atoms with Crippen LogP contribution in [0.5, 0.6) is 0 Å². The van der Waals surface area contributed by atoms with Crippen LogP contribution in [0, 0.1) is 30.6 Å². The Hall–Kier alpha value is -0.800. The Kier molecular flexibility index (Phi) is 3.82. The van der Waals surface area contributed by atoms with Crippen molar-refractivity contribution in [2.75, 3.05) is 5.32 Å². The fraction of sp³-hybridized carbons (Fsp3) is 0.611. The van der Waals surface area contributed by atoms with E-state index < -0.39 is 0 Å². The SMILES string of the molecule is Cc1ccc(NC(=S)NC2C3CC4CC(C3)CC2C4)cc1Cl. The Morgan fingerprint density at radius 3 is 2.32 bits per heavy atom. The van der Waals surface area contributed by atoms with Crippen molar-refractivity contribution in [3.05, 3.63) is 28.8 Å². The molecule has 4 saturated carbocycles. The maximum atomic E-state index is 6.18. The topological polar surface area (TPSA) is 24.1 Å². The zero-order valence-corrected chi connectivity index (χ0v) is 14.5. The van der Waals surface area contributed by atoms with Crippen LogP contribution in [-0.4, -0.2) is 11.2 Å². The smallest absolute Gasteiger partial charge is 0.171 e. The normalized spacial score (nSPS) is 35.5. The lowest BCUT2D eigenvalue weighted by Crippen LogP contribution is -2.56. The first kappa shape index (κ1) is 14.8. The Bertz CT molecular complexity index is 573. The number of hydrogen-bond donors (Lipinski definition) is 2. The summed E-state index contributed by atoms with van der Waals surface area (Å²) >= 11 is 11.7. The van der Waals surface area contributed by atoms with Gasteiger partial charge in [0, 0.05) is 16.8 Å². The van der Waals surface area contributed by atoms with Gasteiger partial charge in [-0.3, -0.25) is 0 Å². The molecule has 4 fully saturated rings. The van der Waals surface area contributed by atoms with Crippen LogP contribution < -0.4 is 10.6 Å². The van der Waals surface area contributed by atoms with E-state index in [4.69, 9.17) is 23.8 Å². The third-order valence-electron chi connectivity index (χ3n) is 5.95. The Morgan fingerprint density at radius 1 is 1.09 bits per heavy atom. The molecule has 0 saturated heterocycles. The van der Waals surface area contributed by atoms with Crippen LogP contribution in [0.3, 0.4) is 0 Å². The van der Waals surface area contributed by atoms with E-state index in [1.54, 1.807) is 0 Å². The van der Waals surface area contributed by atoms with Gasteiger partial charge in [-0.05, 0) is 92.6 Å². The molecule has 2 N–H and O–H groups in total. The molecule has 1 aromatic rings. The molecule has 0 amide bonds. The molecular formula is C18H23ClN2S. The molecule has 0 aliphatic heterocycles. The third-order valence-corrected chi connectivity index (χ3v) is 6.58. The van der Waals surface area contributed by atoms with Gasteiger partial charge in [0.25, 0.3) is 0 Å². The molecule has 0 atom stereocenters. The van der Waals surface area contributed by atoms with Crippen LogP contribution in [-0.2, 0) is 0 Å². The maximum absolute atomic E-state index is 6.18. The molecular weight excluding hydrogens is 312 g/mol. The van der Waals surface area contributed by atoms with Crippen LogP contribution in [0.4, 0.5) is 5.69 Å². The lowest BCUT2D eigenvalue weighted by molar-refractivity contribution is -0.00665. The van der Waals surface area contributed by atoms with Crippen molar-refractivity contribution in [3.63, 3.8) is 0 Å². The molecule has 5 rings (SSSR count). The summed E-state index contributed by atoms with van der Waals surface area (Å²) in [4.78, 5) is 0. The number of hydrogen-bond acceptors (Lipinski definition) is 1. The van der Waals surface area contributed by atoms with E-state index in [2.05, 4.69) is 10.6 Å². The first-order valence-corrected chi connectivity index (χ1v) is 9.21. The van der Waals surface area contributed by atoms with E-state index in [1.165, 1.54) is 32.1 Å². The third kappa shape index (κ3) is 2.74. The number of thiocarbonyl (C=S) groups is 1. The van der Waals surface area contributed by atoms with Gasteiger partial charge < -0.3 is 10.6 Å². The predicted octanol–water partition coefficient (Wildman–Crippen LogP) is 4.76. The molecule has 22 heavy (non-hydrogen) atoms. The van der Waals surface area contributed by atoms with E-state index >= 15 is 0 Å². The number of anilines is 1. The molecule has 4 aliphatic rings. The quantitative estimate of drug-likeness (QED) is 0.762. The summed E-state index contributed by atoms with van der Waals surface area (Å²) in [5.74, 6) is 3.66. The van der Waals surface area contributed by atoms with Crippen molar-refractivity contribution in [2.24, 2.45) is 23.7 Å². The van der Waals surface area contributed by atoms with Crippen LogP contribution in [0.1, 0.15) is 37.7 Å². The second kappa shape index (κ2) is 5.68. The molecule has 0 aromatic heterocycles. The number of halogens is 1. The lowest BCUT2D eigenvalue weighted by atomic mass is 9.54. The summed E-state index contributed by atoms with van der Waals surface area (Å²) in [7, 11) is 0. The minimum absolute atomic E-state index is 0.578. The Labute approximate surface area is 143 Å².